The molecule has 36 heavy (non-hydrogen) atoms. The van der Waals surface area contributed by atoms with E-state index < -0.39 is 6.04 Å². The highest BCUT2D eigenvalue weighted by molar-refractivity contribution is 6.06. The van der Waals surface area contributed by atoms with E-state index in [9.17, 15) is 9.59 Å². The standard InChI is InChI=1S/C32H34N2O2/c1-20-10-12-23(13-11-20)31-30-27(33-26-8-6-7-9-28(26)34(31)21(2)35)18-24(19-29(30)36)22-14-16-25(17-15-22)32(3,4)5/h6-17,24,31,33H,18-19H2,1-5H3/t24-,31+/m0/s1. The van der Waals surface area contributed by atoms with Crippen molar-refractivity contribution in [3.05, 3.63) is 106 Å². The zero-order chi connectivity index (χ0) is 25.6. The number of para-hydroxylation sites is 2. The summed E-state index contributed by atoms with van der Waals surface area (Å²) in [7, 11) is 0. The highest BCUT2D eigenvalue weighted by Gasteiger charge is 2.40. The molecule has 3 aromatic rings. The van der Waals surface area contributed by atoms with Crippen molar-refractivity contribution < 1.29 is 9.59 Å². The number of hydrogen-bond acceptors (Lipinski definition) is 3. The van der Waals surface area contributed by atoms with Crippen LogP contribution >= 0.6 is 0 Å². The number of hydrogen-bond donors (Lipinski definition) is 1. The molecule has 0 radical (unpaired) electrons. The van der Waals surface area contributed by atoms with E-state index in [0.717, 1.165) is 34.6 Å². The van der Waals surface area contributed by atoms with Gasteiger partial charge in [-0.1, -0.05) is 87.0 Å². The van der Waals surface area contributed by atoms with Gasteiger partial charge in [-0.3, -0.25) is 14.5 Å². The van der Waals surface area contributed by atoms with E-state index in [2.05, 4.69) is 50.4 Å². The highest BCUT2D eigenvalue weighted by atomic mass is 16.2. The van der Waals surface area contributed by atoms with E-state index in [1.54, 1.807) is 11.8 Å². The van der Waals surface area contributed by atoms with Gasteiger partial charge in [0.2, 0.25) is 5.91 Å². The molecule has 0 saturated carbocycles. The minimum absolute atomic E-state index is 0.0839. The first-order valence-corrected chi connectivity index (χ1v) is 12.7. The van der Waals surface area contributed by atoms with Crippen LogP contribution in [0.3, 0.4) is 0 Å². The molecule has 5 rings (SSSR count). The zero-order valence-corrected chi connectivity index (χ0v) is 21.8. The number of fused-ring (bicyclic) bond motifs is 1. The van der Waals surface area contributed by atoms with Gasteiger partial charge in [-0.2, -0.15) is 0 Å². The molecule has 4 heteroatoms. The Bertz CT molecular complexity index is 1340. The number of benzene rings is 3. The number of aryl methyl sites for hydroxylation is 1. The number of ketones is 1. The summed E-state index contributed by atoms with van der Waals surface area (Å²) in [6, 6.07) is 24.3. The normalized spacial score (nSPS) is 19.8. The summed E-state index contributed by atoms with van der Waals surface area (Å²) in [5.74, 6) is 0.0991. The molecule has 0 fully saturated rings. The SMILES string of the molecule is CC(=O)N1c2ccccc2NC2=C(C(=O)C[C@@H](c3ccc(C(C)(C)C)cc3)C2)[C@H]1c1ccc(C)cc1. The minimum atomic E-state index is -0.467. The summed E-state index contributed by atoms with van der Waals surface area (Å²) in [4.78, 5) is 28.8. The van der Waals surface area contributed by atoms with Crippen LogP contribution in [0.1, 0.15) is 74.8 Å². The molecular formula is C32H34N2O2. The molecule has 2 atom stereocenters. The molecule has 1 aliphatic carbocycles. The van der Waals surface area contributed by atoms with Gasteiger partial charge in [0.25, 0.3) is 0 Å². The maximum Gasteiger partial charge on any atom is 0.224 e. The Labute approximate surface area is 214 Å². The Morgan fingerprint density at radius 1 is 0.889 bits per heavy atom. The minimum Gasteiger partial charge on any atom is -0.357 e. The monoisotopic (exact) mass is 478 g/mol. The smallest absolute Gasteiger partial charge is 0.224 e. The highest BCUT2D eigenvalue weighted by Crippen LogP contribution is 2.47. The van der Waals surface area contributed by atoms with Crippen LogP contribution in [0.4, 0.5) is 11.4 Å². The van der Waals surface area contributed by atoms with E-state index in [0.29, 0.717) is 12.0 Å². The maximum atomic E-state index is 13.9. The zero-order valence-electron chi connectivity index (χ0n) is 21.8. The lowest BCUT2D eigenvalue weighted by molar-refractivity contribution is -0.117. The van der Waals surface area contributed by atoms with Gasteiger partial charge >= 0.3 is 0 Å². The fourth-order valence-electron chi connectivity index (χ4n) is 5.49. The van der Waals surface area contributed by atoms with Gasteiger partial charge in [0.15, 0.2) is 5.78 Å². The van der Waals surface area contributed by atoms with Gasteiger partial charge < -0.3 is 5.32 Å². The van der Waals surface area contributed by atoms with Gasteiger partial charge in [-0.05, 0) is 53.5 Å². The van der Waals surface area contributed by atoms with Crippen molar-refractivity contribution in [2.75, 3.05) is 10.2 Å². The van der Waals surface area contributed by atoms with Crippen LogP contribution in [-0.4, -0.2) is 11.7 Å². The number of rotatable bonds is 2. The number of nitrogens with one attached hydrogen (secondary N) is 1. The average molecular weight is 479 g/mol. The molecule has 1 N–H and O–H groups in total. The fourth-order valence-corrected chi connectivity index (χ4v) is 5.49. The van der Waals surface area contributed by atoms with Crippen molar-refractivity contribution >= 4 is 23.1 Å². The molecule has 3 aromatic carbocycles. The van der Waals surface area contributed by atoms with Gasteiger partial charge in [-0.15, -0.1) is 0 Å². The molecular weight excluding hydrogens is 444 g/mol. The summed E-state index contributed by atoms with van der Waals surface area (Å²) in [6.45, 7) is 10.3. The predicted octanol–water partition coefficient (Wildman–Crippen LogP) is 7.21. The second kappa shape index (κ2) is 9.09. The Hall–Kier alpha value is -3.66. The fraction of sp³-hybridized carbons (Fsp3) is 0.312. The second-order valence-electron chi connectivity index (χ2n) is 11.1. The number of amides is 1. The van der Waals surface area contributed by atoms with Gasteiger partial charge in [0, 0.05) is 24.6 Å². The molecule has 0 spiro atoms. The molecule has 0 unspecified atom stereocenters. The van der Waals surface area contributed by atoms with E-state index in [1.807, 2.05) is 55.5 Å². The third-order valence-corrected chi connectivity index (χ3v) is 7.47. The first kappa shape index (κ1) is 24.1. The Balaban J connectivity index is 1.63. The molecule has 0 bridgehead atoms. The number of carbonyl (C=O) groups excluding carboxylic acids is 2. The number of anilines is 2. The molecule has 4 nitrogen and oxygen atoms in total. The Kier molecular flexibility index (Phi) is 6.07. The molecule has 0 aromatic heterocycles. The van der Waals surface area contributed by atoms with Gasteiger partial charge in [0.05, 0.1) is 17.4 Å². The lowest BCUT2D eigenvalue weighted by atomic mass is 9.77. The summed E-state index contributed by atoms with van der Waals surface area (Å²) in [5, 5.41) is 3.59. The maximum absolute atomic E-state index is 13.9. The number of Topliss-reactive ketones (excluding diaryl/α,β-unsaturated/α-hetero) is 1. The summed E-state index contributed by atoms with van der Waals surface area (Å²) >= 11 is 0. The van der Waals surface area contributed by atoms with Crippen LogP contribution in [0, 0.1) is 6.92 Å². The molecule has 1 aliphatic heterocycles. The van der Waals surface area contributed by atoms with E-state index in [-0.39, 0.29) is 23.0 Å². The van der Waals surface area contributed by atoms with Crippen LogP contribution in [0.5, 0.6) is 0 Å². The lowest BCUT2D eigenvalue weighted by Crippen LogP contribution is -2.37. The van der Waals surface area contributed by atoms with Crippen LogP contribution in [0.2, 0.25) is 0 Å². The molecule has 2 aliphatic rings. The summed E-state index contributed by atoms with van der Waals surface area (Å²) in [6.07, 6.45) is 1.15. The largest absolute Gasteiger partial charge is 0.357 e. The van der Waals surface area contributed by atoms with Crippen LogP contribution in [-0.2, 0) is 15.0 Å². The Morgan fingerprint density at radius 2 is 1.53 bits per heavy atom. The number of nitrogens with zero attached hydrogens (tertiary/aromatic N) is 1. The molecule has 1 amide bonds. The van der Waals surface area contributed by atoms with Crippen molar-refractivity contribution in [3.8, 4) is 0 Å². The average Bonchev–Trinajstić information content (AvgIpc) is 2.99. The van der Waals surface area contributed by atoms with Crippen molar-refractivity contribution in [1.82, 2.24) is 0 Å². The van der Waals surface area contributed by atoms with Crippen molar-refractivity contribution in [1.29, 1.82) is 0 Å². The molecule has 1 heterocycles. The third kappa shape index (κ3) is 4.37. The van der Waals surface area contributed by atoms with Crippen LogP contribution in [0.15, 0.2) is 84.1 Å². The van der Waals surface area contributed by atoms with E-state index in [1.165, 1.54) is 11.1 Å². The Morgan fingerprint density at radius 3 is 2.17 bits per heavy atom. The topological polar surface area (TPSA) is 49.4 Å². The summed E-state index contributed by atoms with van der Waals surface area (Å²) < 4.78 is 0. The van der Waals surface area contributed by atoms with Gasteiger partial charge in [-0.25, -0.2) is 0 Å². The molecule has 0 saturated heterocycles. The van der Waals surface area contributed by atoms with Crippen molar-refractivity contribution in [2.24, 2.45) is 0 Å². The number of allylic oxidation sites excluding steroid dienone is 1. The lowest BCUT2D eigenvalue weighted by Gasteiger charge is -2.34. The third-order valence-electron chi connectivity index (χ3n) is 7.47. The summed E-state index contributed by atoms with van der Waals surface area (Å²) in [5.41, 5.74) is 7.90. The molecule has 184 valence electrons. The van der Waals surface area contributed by atoms with Gasteiger partial charge in [0.1, 0.15) is 0 Å². The number of carbonyl (C=O) groups is 2. The van der Waals surface area contributed by atoms with Crippen molar-refractivity contribution in [2.45, 2.75) is 64.8 Å². The first-order chi connectivity index (χ1) is 17.1. The van der Waals surface area contributed by atoms with Crippen molar-refractivity contribution in [3.63, 3.8) is 0 Å². The van der Waals surface area contributed by atoms with Crippen LogP contribution < -0.4 is 10.2 Å². The van der Waals surface area contributed by atoms with E-state index >= 15 is 0 Å². The first-order valence-electron chi connectivity index (χ1n) is 12.7. The van der Waals surface area contributed by atoms with Crippen LogP contribution in [0.25, 0.3) is 0 Å². The van der Waals surface area contributed by atoms with E-state index in [4.69, 9.17) is 0 Å². The quantitative estimate of drug-likeness (QED) is 0.423. The predicted molar refractivity (Wildman–Crippen MR) is 146 cm³/mol. The second-order valence-corrected chi connectivity index (χ2v) is 11.1.